The van der Waals surface area contributed by atoms with Crippen LogP contribution < -0.4 is 17.0 Å². The number of nitrogens with one attached hydrogen (secondary N) is 1. The molecule has 0 amide bonds. The van der Waals surface area contributed by atoms with Crippen molar-refractivity contribution in [1.82, 2.24) is 19.5 Å². The predicted octanol–water partition coefficient (Wildman–Crippen LogP) is 7.60. The van der Waals surface area contributed by atoms with Crippen molar-refractivity contribution in [2.75, 3.05) is 18.9 Å². The van der Waals surface area contributed by atoms with Crippen LogP contribution >= 0.6 is 0 Å². The number of hydrogen-bond acceptors (Lipinski definition) is 9. The lowest BCUT2D eigenvalue weighted by molar-refractivity contribution is -0.149. The molecule has 0 aliphatic rings. The first kappa shape index (κ1) is 41.2. The van der Waals surface area contributed by atoms with Gasteiger partial charge in [0.05, 0.1) is 19.5 Å². The van der Waals surface area contributed by atoms with E-state index in [2.05, 4.69) is 21.9 Å². The summed E-state index contributed by atoms with van der Waals surface area (Å²) in [6, 6.07) is -0.697. The van der Waals surface area contributed by atoms with E-state index in [4.69, 9.17) is 20.9 Å². The summed E-state index contributed by atoms with van der Waals surface area (Å²) in [6.45, 7) is 6.62. The molecule has 0 aromatic carbocycles. The van der Waals surface area contributed by atoms with Gasteiger partial charge in [0, 0.05) is 18.9 Å². The first-order chi connectivity index (χ1) is 23.2. The maximum absolute atomic E-state index is 12.6. The smallest absolute Gasteiger partial charge is 0.323 e. The molecule has 0 bridgehead atoms. The normalized spacial score (nSPS) is 12.9. The fraction of sp³-hybridized carbons (Fsp3) is 0.811. The summed E-state index contributed by atoms with van der Waals surface area (Å²) >= 11 is 0. The molecule has 0 aliphatic heterocycles. The van der Waals surface area contributed by atoms with Crippen LogP contribution in [0.5, 0.6) is 0 Å². The molecule has 1 unspecified atom stereocenters. The standard InChI is InChI=1S/C37H66N6O5/c1-4-5-6-7-8-9-10-11-12-13-14-15-16-17-18-19-20-21-22-23-31(44)48-27-30(24-25-47-36(46)32(38)29(2)3)26-43-28-40-33-34(43)41-37(39)42-35(33)45/h28-30,32H,4-27,38H2,1-3H3,(H3,39,41,42,45)/t30?,32-/m0/s1. The minimum Gasteiger partial charge on any atom is -0.465 e. The predicted molar refractivity (Wildman–Crippen MR) is 193 cm³/mol. The number of aromatic nitrogens is 4. The number of imidazole rings is 1. The number of anilines is 1. The van der Waals surface area contributed by atoms with Gasteiger partial charge in [-0.2, -0.15) is 4.98 Å². The van der Waals surface area contributed by atoms with Gasteiger partial charge in [-0.3, -0.25) is 19.4 Å². The molecule has 2 rings (SSSR count). The van der Waals surface area contributed by atoms with Crippen molar-refractivity contribution in [3.05, 3.63) is 16.7 Å². The van der Waals surface area contributed by atoms with Gasteiger partial charge in [-0.1, -0.05) is 136 Å². The number of rotatable bonds is 29. The second-order valence-corrected chi connectivity index (χ2v) is 13.9. The van der Waals surface area contributed by atoms with E-state index in [0.717, 1.165) is 19.3 Å². The molecule has 2 atom stereocenters. The van der Waals surface area contributed by atoms with Gasteiger partial charge in [-0.25, -0.2) is 4.98 Å². The number of H-pyrrole nitrogens is 1. The molecular weight excluding hydrogens is 608 g/mol. The molecule has 0 spiro atoms. The number of ether oxygens (including phenoxy) is 2. The molecule has 11 heteroatoms. The van der Waals surface area contributed by atoms with Gasteiger partial charge < -0.3 is 25.5 Å². The summed E-state index contributed by atoms with van der Waals surface area (Å²) in [5.74, 6) is -0.945. The summed E-state index contributed by atoms with van der Waals surface area (Å²) in [5, 5.41) is 0. The third-order valence-electron chi connectivity index (χ3n) is 9.17. The number of unbranched alkanes of at least 4 members (excludes halogenated alkanes) is 18. The van der Waals surface area contributed by atoms with E-state index in [9.17, 15) is 14.4 Å². The van der Waals surface area contributed by atoms with Crippen molar-refractivity contribution in [3.63, 3.8) is 0 Å². The molecule has 2 heterocycles. The van der Waals surface area contributed by atoms with Gasteiger partial charge in [-0.05, 0) is 18.8 Å². The van der Waals surface area contributed by atoms with Gasteiger partial charge in [0.15, 0.2) is 11.2 Å². The lowest BCUT2D eigenvalue weighted by Crippen LogP contribution is -2.37. The second kappa shape index (κ2) is 25.1. The summed E-state index contributed by atoms with van der Waals surface area (Å²) in [6.07, 6.45) is 27.2. The lowest BCUT2D eigenvalue weighted by Gasteiger charge is -2.19. The van der Waals surface area contributed by atoms with Crippen LogP contribution in [0.2, 0.25) is 0 Å². The van der Waals surface area contributed by atoms with Crippen LogP contribution in [-0.4, -0.2) is 50.7 Å². The Morgan fingerprint density at radius 1 is 0.833 bits per heavy atom. The summed E-state index contributed by atoms with van der Waals surface area (Å²) in [4.78, 5) is 47.8. The molecule has 0 radical (unpaired) electrons. The van der Waals surface area contributed by atoms with Crippen LogP contribution in [0.15, 0.2) is 11.1 Å². The number of hydrogen-bond donors (Lipinski definition) is 3. The molecule has 5 N–H and O–H groups in total. The molecule has 0 saturated heterocycles. The number of fused-ring (bicyclic) bond motifs is 1. The van der Waals surface area contributed by atoms with Crippen LogP contribution in [0.3, 0.4) is 0 Å². The minimum absolute atomic E-state index is 0.00609. The van der Waals surface area contributed by atoms with E-state index in [1.807, 2.05) is 13.8 Å². The lowest BCUT2D eigenvalue weighted by atomic mass is 10.0. The van der Waals surface area contributed by atoms with Crippen LogP contribution in [0.4, 0.5) is 5.95 Å². The van der Waals surface area contributed by atoms with Crippen molar-refractivity contribution in [2.45, 2.75) is 168 Å². The molecule has 48 heavy (non-hydrogen) atoms. The SMILES string of the molecule is CCCCCCCCCCCCCCCCCCCCCC(=O)OCC(CCOC(=O)[C@@H](N)C(C)C)Cn1cnc2c(=O)[nH]c(N)nc21. The van der Waals surface area contributed by atoms with Gasteiger partial charge in [0.25, 0.3) is 5.56 Å². The monoisotopic (exact) mass is 675 g/mol. The first-order valence-corrected chi connectivity index (χ1v) is 19.0. The second-order valence-electron chi connectivity index (χ2n) is 13.9. The van der Waals surface area contributed by atoms with E-state index >= 15 is 0 Å². The Balaban J connectivity index is 1.59. The molecule has 2 aromatic heterocycles. The Bertz CT molecular complexity index is 1210. The number of carbonyl (C=O) groups is 2. The zero-order valence-corrected chi connectivity index (χ0v) is 30.3. The molecule has 0 aliphatic carbocycles. The number of nitrogen functional groups attached to an aromatic ring is 1. The Morgan fingerprint density at radius 3 is 1.88 bits per heavy atom. The van der Waals surface area contributed by atoms with Gasteiger partial charge >= 0.3 is 11.9 Å². The van der Waals surface area contributed by atoms with Crippen molar-refractivity contribution in [1.29, 1.82) is 0 Å². The Kier molecular flexibility index (Phi) is 21.5. The Labute approximate surface area is 288 Å². The van der Waals surface area contributed by atoms with Crippen molar-refractivity contribution < 1.29 is 19.1 Å². The maximum atomic E-state index is 12.6. The summed E-state index contributed by atoms with van der Waals surface area (Å²) in [7, 11) is 0. The molecule has 0 fully saturated rings. The topological polar surface area (TPSA) is 168 Å². The zero-order chi connectivity index (χ0) is 35.0. The van der Waals surface area contributed by atoms with E-state index in [0.29, 0.717) is 25.0 Å². The summed E-state index contributed by atoms with van der Waals surface area (Å²) < 4.78 is 12.7. The fourth-order valence-corrected chi connectivity index (χ4v) is 5.94. The largest absolute Gasteiger partial charge is 0.465 e. The molecule has 274 valence electrons. The summed E-state index contributed by atoms with van der Waals surface area (Å²) in [5.41, 5.74) is 11.8. The Morgan fingerprint density at radius 2 is 1.35 bits per heavy atom. The van der Waals surface area contributed by atoms with E-state index in [-0.39, 0.29) is 42.5 Å². The third-order valence-corrected chi connectivity index (χ3v) is 9.17. The van der Waals surface area contributed by atoms with Gasteiger partial charge in [0.1, 0.15) is 6.04 Å². The quantitative estimate of drug-likeness (QED) is 0.0581. The highest BCUT2D eigenvalue weighted by Gasteiger charge is 2.21. The van der Waals surface area contributed by atoms with E-state index in [1.54, 1.807) is 4.57 Å². The first-order valence-electron chi connectivity index (χ1n) is 19.0. The zero-order valence-electron chi connectivity index (χ0n) is 30.3. The molecule has 11 nitrogen and oxygen atoms in total. The van der Waals surface area contributed by atoms with Gasteiger partial charge in [-0.15, -0.1) is 0 Å². The molecule has 2 aromatic rings. The van der Waals surface area contributed by atoms with Crippen LogP contribution in [0, 0.1) is 11.8 Å². The number of aromatic amines is 1. The van der Waals surface area contributed by atoms with Crippen molar-refractivity contribution >= 4 is 29.1 Å². The van der Waals surface area contributed by atoms with E-state index in [1.165, 1.54) is 109 Å². The number of esters is 2. The van der Waals surface area contributed by atoms with Crippen molar-refractivity contribution in [3.8, 4) is 0 Å². The highest BCUT2D eigenvalue weighted by atomic mass is 16.5. The number of carbonyl (C=O) groups excluding carboxylic acids is 2. The number of nitrogens with two attached hydrogens (primary N) is 2. The highest BCUT2D eigenvalue weighted by Crippen LogP contribution is 2.17. The number of nitrogens with zero attached hydrogens (tertiary/aromatic N) is 3. The Hall–Kier alpha value is -2.95. The highest BCUT2D eigenvalue weighted by molar-refractivity contribution is 5.75. The minimum atomic E-state index is -0.697. The average Bonchev–Trinajstić information content (AvgIpc) is 3.46. The van der Waals surface area contributed by atoms with Crippen LogP contribution in [0.1, 0.15) is 156 Å². The maximum Gasteiger partial charge on any atom is 0.323 e. The van der Waals surface area contributed by atoms with Crippen LogP contribution in [-0.2, 0) is 25.6 Å². The van der Waals surface area contributed by atoms with E-state index < -0.39 is 17.6 Å². The van der Waals surface area contributed by atoms with Crippen LogP contribution in [0.25, 0.3) is 11.2 Å². The van der Waals surface area contributed by atoms with Crippen molar-refractivity contribution in [2.24, 2.45) is 17.6 Å². The third kappa shape index (κ3) is 17.4. The average molecular weight is 675 g/mol. The van der Waals surface area contributed by atoms with Gasteiger partial charge in [0.2, 0.25) is 5.95 Å². The molecule has 0 saturated carbocycles. The fourth-order valence-electron chi connectivity index (χ4n) is 5.94. The molecular formula is C37H66N6O5.